The third kappa shape index (κ3) is 4.50. The van der Waals surface area contributed by atoms with Gasteiger partial charge < -0.3 is 10.6 Å². The Morgan fingerprint density at radius 1 is 1.15 bits per heavy atom. The van der Waals surface area contributed by atoms with Crippen LogP contribution in [0.5, 0.6) is 0 Å². The highest BCUT2D eigenvalue weighted by Gasteiger charge is 2.29. The molecule has 0 aromatic heterocycles. The number of nitrogens with one attached hydrogen (secondary N) is 2. The molecule has 0 saturated heterocycles. The van der Waals surface area contributed by atoms with Crippen LogP contribution in [0.2, 0.25) is 0 Å². The van der Waals surface area contributed by atoms with Gasteiger partial charge in [-0.25, -0.2) is 0 Å². The Bertz CT molecular complexity index is 518. The van der Waals surface area contributed by atoms with E-state index in [1.54, 1.807) is 0 Å². The standard InChI is InChI=1S/C15H18N2O3/c1-10(18)8-14(19)16-9-11-2-6-13(7-3-11)17-15(20)12-4-5-12/h2-3,6-7,12H,4-5,8-9H2,1H3,(H,16,19)(H,17,20). The van der Waals surface area contributed by atoms with Crippen molar-refractivity contribution in [3.05, 3.63) is 29.8 Å². The zero-order chi connectivity index (χ0) is 14.5. The van der Waals surface area contributed by atoms with Crippen LogP contribution in [0.4, 0.5) is 5.69 Å². The maximum atomic E-state index is 11.6. The Kier molecular flexibility index (Phi) is 4.50. The minimum absolute atomic E-state index is 0.0764. The normalized spacial score (nSPS) is 13.7. The Hall–Kier alpha value is -2.17. The predicted molar refractivity (Wildman–Crippen MR) is 74.9 cm³/mol. The summed E-state index contributed by atoms with van der Waals surface area (Å²) < 4.78 is 0. The van der Waals surface area contributed by atoms with Gasteiger partial charge in [0.1, 0.15) is 5.78 Å². The number of ketones is 1. The largest absolute Gasteiger partial charge is 0.352 e. The topological polar surface area (TPSA) is 75.3 Å². The number of carbonyl (C=O) groups excluding carboxylic acids is 3. The Morgan fingerprint density at radius 3 is 2.35 bits per heavy atom. The van der Waals surface area contributed by atoms with Gasteiger partial charge in [0.05, 0.1) is 6.42 Å². The first-order chi connectivity index (χ1) is 9.54. The molecule has 5 heteroatoms. The average Bonchev–Trinajstić information content (AvgIpc) is 3.21. The van der Waals surface area contributed by atoms with E-state index in [2.05, 4.69) is 10.6 Å². The third-order valence-corrected chi connectivity index (χ3v) is 3.07. The lowest BCUT2D eigenvalue weighted by atomic mass is 10.2. The molecule has 0 atom stereocenters. The average molecular weight is 274 g/mol. The molecule has 106 valence electrons. The molecule has 1 aliphatic rings. The molecule has 1 aromatic rings. The molecule has 0 bridgehead atoms. The molecule has 1 fully saturated rings. The quantitative estimate of drug-likeness (QED) is 0.774. The molecule has 0 unspecified atom stereocenters. The molecule has 0 spiro atoms. The summed E-state index contributed by atoms with van der Waals surface area (Å²) in [7, 11) is 0. The van der Waals surface area contributed by atoms with E-state index >= 15 is 0 Å². The number of amides is 2. The fourth-order valence-electron chi connectivity index (χ4n) is 1.79. The van der Waals surface area contributed by atoms with Crippen molar-refractivity contribution < 1.29 is 14.4 Å². The number of hydrogen-bond donors (Lipinski definition) is 2. The van der Waals surface area contributed by atoms with Gasteiger partial charge in [0.25, 0.3) is 0 Å². The van der Waals surface area contributed by atoms with Gasteiger partial charge in [-0.3, -0.25) is 14.4 Å². The molecule has 2 amide bonds. The molecule has 0 aliphatic heterocycles. The number of rotatable bonds is 6. The lowest BCUT2D eigenvalue weighted by Gasteiger charge is -2.07. The number of hydrogen-bond acceptors (Lipinski definition) is 3. The molecule has 0 heterocycles. The van der Waals surface area contributed by atoms with Crippen LogP contribution in [-0.2, 0) is 20.9 Å². The van der Waals surface area contributed by atoms with Gasteiger partial charge in [0, 0.05) is 18.2 Å². The molecule has 1 saturated carbocycles. The van der Waals surface area contributed by atoms with E-state index in [0.717, 1.165) is 24.1 Å². The molecule has 5 nitrogen and oxygen atoms in total. The van der Waals surface area contributed by atoms with Gasteiger partial charge in [0.15, 0.2) is 0 Å². The first-order valence-corrected chi connectivity index (χ1v) is 6.70. The molecular formula is C15H18N2O3. The summed E-state index contributed by atoms with van der Waals surface area (Å²) >= 11 is 0. The van der Waals surface area contributed by atoms with Crippen molar-refractivity contribution in [3.8, 4) is 0 Å². The van der Waals surface area contributed by atoms with Gasteiger partial charge in [-0.1, -0.05) is 12.1 Å². The fraction of sp³-hybridized carbons (Fsp3) is 0.400. The Labute approximate surface area is 117 Å². The zero-order valence-corrected chi connectivity index (χ0v) is 11.4. The highest BCUT2D eigenvalue weighted by molar-refractivity contribution is 5.96. The molecule has 20 heavy (non-hydrogen) atoms. The van der Waals surface area contributed by atoms with Crippen LogP contribution in [0.25, 0.3) is 0 Å². The zero-order valence-electron chi connectivity index (χ0n) is 11.4. The van der Waals surface area contributed by atoms with Crippen LogP contribution in [0.1, 0.15) is 31.7 Å². The minimum Gasteiger partial charge on any atom is -0.352 e. The van der Waals surface area contributed by atoms with Gasteiger partial charge in [0.2, 0.25) is 11.8 Å². The summed E-state index contributed by atoms with van der Waals surface area (Å²) in [4.78, 5) is 33.7. The van der Waals surface area contributed by atoms with Crippen LogP contribution in [0.3, 0.4) is 0 Å². The van der Waals surface area contributed by atoms with Crippen molar-refractivity contribution in [2.24, 2.45) is 5.92 Å². The minimum atomic E-state index is -0.274. The lowest BCUT2D eigenvalue weighted by Crippen LogP contribution is -2.24. The number of carbonyl (C=O) groups is 3. The smallest absolute Gasteiger partial charge is 0.227 e. The second-order valence-corrected chi connectivity index (χ2v) is 5.12. The van der Waals surface area contributed by atoms with Crippen LogP contribution >= 0.6 is 0 Å². The van der Waals surface area contributed by atoms with E-state index < -0.39 is 0 Å². The molecule has 0 radical (unpaired) electrons. The van der Waals surface area contributed by atoms with E-state index in [4.69, 9.17) is 0 Å². The van der Waals surface area contributed by atoms with E-state index in [-0.39, 0.29) is 29.9 Å². The first kappa shape index (κ1) is 14.2. The molecule has 2 rings (SSSR count). The summed E-state index contributed by atoms with van der Waals surface area (Å²) in [6.45, 7) is 1.76. The number of anilines is 1. The van der Waals surface area contributed by atoms with Crippen LogP contribution in [0.15, 0.2) is 24.3 Å². The SMILES string of the molecule is CC(=O)CC(=O)NCc1ccc(NC(=O)C2CC2)cc1. The van der Waals surface area contributed by atoms with Crippen LogP contribution in [0, 0.1) is 5.92 Å². The summed E-state index contributed by atoms with van der Waals surface area (Å²) in [5.74, 6) is -0.169. The molecule has 1 aromatic carbocycles. The Balaban J connectivity index is 1.80. The second kappa shape index (κ2) is 6.32. The summed E-state index contributed by atoms with van der Waals surface area (Å²) in [5, 5.41) is 5.52. The van der Waals surface area contributed by atoms with Crippen molar-refractivity contribution in [2.75, 3.05) is 5.32 Å². The lowest BCUT2D eigenvalue weighted by molar-refractivity contribution is -0.127. The highest BCUT2D eigenvalue weighted by Crippen LogP contribution is 2.30. The number of Topliss-reactive ketones (excluding diaryl/α,β-unsaturated/α-hetero) is 1. The Morgan fingerprint density at radius 2 is 1.80 bits per heavy atom. The maximum absolute atomic E-state index is 11.6. The van der Waals surface area contributed by atoms with E-state index in [1.807, 2.05) is 24.3 Å². The van der Waals surface area contributed by atoms with Gasteiger partial charge >= 0.3 is 0 Å². The van der Waals surface area contributed by atoms with Gasteiger partial charge in [-0.05, 0) is 37.5 Å². The second-order valence-electron chi connectivity index (χ2n) is 5.12. The van der Waals surface area contributed by atoms with Crippen LogP contribution < -0.4 is 10.6 Å². The molecule has 2 N–H and O–H groups in total. The fourth-order valence-corrected chi connectivity index (χ4v) is 1.79. The summed E-state index contributed by atoms with van der Waals surface area (Å²) in [6.07, 6.45) is 1.87. The van der Waals surface area contributed by atoms with E-state index in [1.165, 1.54) is 6.92 Å². The van der Waals surface area contributed by atoms with Crippen molar-refractivity contribution in [2.45, 2.75) is 32.7 Å². The summed E-state index contributed by atoms with van der Waals surface area (Å²) in [5.41, 5.74) is 1.69. The van der Waals surface area contributed by atoms with Crippen molar-refractivity contribution in [1.29, 1.82) is 0 Å². The third-order valence-electron chi connectivity index (χ3n) is 3.07. The summed E-state index contributed by atoms with van der Waals surface area (Å²) in [6, 6.07) is 7.31. The van der Waals surface area contributed by atoms with Gasteiger partial charge in [-0.15, -0.1) is 0 Å². The molecular weight excluding hydrogens is 256 g/mol. The maximum Gasteiger partial charge on any atom is 0.227 e. The van der Waals surface area contributed by atoms with E-state index in [0.29, 0.717) is 6.54 Å². The monoisotopic (exact) mass is 274 g/mol. The van der Waals surface area contributed by atoms with Crippen molar-refractivity contribution in [1.82, 2.24) is 5.32 Å². The van der Waals surface area contributed by atoms with Crippen LogP contribution in [-0.4, -0.2) is 17.6 Å². The first-order valence-electron chi connectivity index (χ1n) is 6.70. The number of benzene rings is 1. The van der Waals surface area contributed by atoms with Gasteiger partial charge in [-0.2, -0.15) is 0 Å². The molecule has 1 aliphatic carbocycles. The van der Waals surface area contributed by atoms with Crippen molar-refractivity contribution >= 4 is 23.3 Å². The predicted octanol–water partition coefficient (Wildman–Crippen LogP) is 1.63. The van der Waals surface area contributed by atoms with Crippen molar-refractivity contribution in [3.63, 3.8) is 0 Å². The highest BCUT2D eigenvalue weighted by atomic mass is 16.2. The van der Waals surface area contributed by atoms with E-state index in [9.17, 15) is 14.4 Å².